The van der Waals surface area contributed by atoms with E-state index in [4.69, 9.17) is 14.2 Å². The van der Waals surface area contributed by atoms with E-state index in [9.17, 15) is 14.4 Å². The number of imide groups is 1. The van der Waals surface area contributed by atoms with Crippen LogP contribution in [0.1, 0.15) is 55.2 Å². The molecule has 38 heavy (non-hydrogen) atoms. The van der Waals surface area contributed by atoms with Gasteiger partial charge in [-0.1, -0.05) is 18.2 Å². The molecule has 7 rings (SSSR count). The highest BCUT2D eigenvalue weighted by Crippen LogP contribution is 2.66. The molecule has 2 atom stereocenters. The maximum atomic E-state index is 13.5. The number of carbonyl (C=O) groups is 3. The van der Waals surface area contributed by atoms with E-state index in [-0.39, 0.29) is 11.4 Å². The van der Waals surface area contributed by atoms with Crippen molar-refractivity contribution in [2.24, 2.45) is 17.3 Å². The fourth-order valence-electron chi connectivity index (χ4n) is 7.64. The van der Waals surface area contributed by atoms with Gasteiger partial charge in [0.2, 0.25) is 0 Å². The lowest BCUT2D eigenvalue weighted by atomic mass is 9.43. The van der Waals surface area contributed by atoms with Gasteiger partial charge in [0.25, 0.3) is 5.91 Å². The van der Waals surface area contributed by atoms with Crippen LogP contribution in [0.3, 0.4) is 0 Å². The molecule has 2 aromatic rings. The molecule has 5 aliphatic rings. The van der Waals surface area contributed by atoms with E-state index in [1.54, 1.807) is 18.2 Å². The standard InChI is InChI=1S/C30H34N2O6/c1-18-3-4-22(9-19(18)2)29-12-20-10-21(13-29)15-30(14-20,17-29)27(34)38-16-26(33)32-28(35)31-23-5-6-24-25(11-23)37-8-7-36-24/h3-6,9,11,20-21H,7-8,10,12-17H2,1-2H3,(H2,31,32,33,35)/t20-,21-,29?,30?/m1/s1. The van der Waals surface area contributed by atoms with Gasteiger partial charge in [0.1, 0.15) is 13.2 Å². The van der Waals surface area contributed by atoms with Crippen LogP contribution >= 0.6 is 0 Å². The Morgan fingerprint density at radius 2 is 1.66 bits per heavy atom. The van der Waals surface area contributed by atoms with Gasteiger partial charge < -0.3 is 19.5 Å². The molecule has 4 saturated carbocycles. The number of rotatable bonds is 5. The van der Waals surface area contributed by atoms with Crippen molar-refractivity contribution in [2.45, 2.75) is 57.8 Å². The number of esters is 1. The van der Waals surface area contributed by atoms with Crippen molar-refractivity contribution < 1.29 is 28.6 Å². The smallest absolute Gasteiger partial charge is 0.325 e. The van der Waals surface area contributed by atoms with Crippen molar-refractivity contribution in [3.8, 4) is 11.5 Å². The summed E-state index contributed by atoms with van der Waals surface area (Å²) in [5.41, 5.74) is 3.78. The predicted octanol–water partition coefficient (Wildman–Crippen LogP) is 4.80. The van der Waals surface area contributed by atoms with Crippen molar-refractivity contribution in [1.82, 2.24) is 5.32 Å². The Hall–Kier alpha value is -3.55. The van der Waals surface area contributed by atoms with Crippen molar-refractivity contribution in [3.63, 3.8) is 0 Å². The molecule has 0 unspecified atom stereocenters. The molecule has 1 aliphatic heterocycles. The average Bonchev–Trinajstić information content (AvgIpc) is 2.88. The number of hydrogen-bond acceptors (Lipinski definition) is 6. The Balaban J connectivity index is 1.08. The Kier molecular flexibility index (Phi) is 6.08. The minimum absolute atomic E-state index is 0.00661. The maximum absolute atomic E-state index is 13.5. The van der Waals surface area contributed by atoms with E-state index in [1.165, 1.54) is 23.1 Å². The molecule has 0 aromatic heterocycles. The summed E-state index contributed by atoms with van der Waals surface area (Å²) in [6, 6.07) is 11.0. The number of benzene rings is 2. The number of hydrogen-bond donors (Lipinski definition) is 2. The first-order valence-electron chi connectivity index (χ1n) is 13.5. The van der Waals surface area contributed by atoms with Crippen LogP contribution < -0.4 is 20.1 Å². The fraction of sp³-hybridized carbons (Fsp3) is 0.500. The summed E-state index contributed by atoms with van der Waals surface area (Å²) in [6.45, 7) is 4.69. The zero-order chi connectivity index (χ0) is 26.5. The summed E-state index contributed by atoms with van der Waals surface area (Å²) in [7, 11) is 0. The van der Waals surface area contributed by atoms with Gasteiger partial charge >= 0.3 is 12.0 Å². The molecule has 4 fully saturated rings. The molecule has 0 spiro atoms. The van der Waals surface area contributed by atoms with Crippen LogP contribution in [0.25, 0.3) is 0 Å². The third kappa shape index (κ3) is 4.50. The minimum atomic E-state index is -0.703. The van der Waals surface area contributed by atoms with Gasteiger partial charge in [0, 0.05) is 11.8 Å². The monoisotopic (exact) mass is 518 g/mol. The normalized spacial score (nSPS) is 28.5. The zero-order valence-corrected chi connectivity index (χ0v) is 21.9. The summed E-state index contributed by atoms with van der Waals surface area (Å²) in [6.07, 6.45) is 5.80. The highest BCUT2D eigenvalue weighted by atomic mass is 16.6. The Labute approximate surface area is 222 Å². The predicted molar refractivity (Wildman–Crippen MR) is 140 cm³/mol. The fourth-order valence-corrected chi connectivity index (χ4v) is 7.64. The van der Waals surface area contributed by atoms with E-state index in [1.807, 2.05) is 0 Å². The van der Waals surface area contributed by atoms with E-state index in [0.717, 1.165) is 32.1 Å². The topological polar surface area (TPSA) is 103 Å². The molecule has 1 heterocycles. The average molecular weight is 519 g/mol. The van der Waals surface area contributed by atoms with Gasteiger partial charge in [-0.3, -0.25) is 14.9 Å². The maximum Gasteiger partial charge on any atom is 0.325 e. The van der Waals surface area contributed by atoms with E-state index >= 15 is 0 Å². The van der Waals surface area contributed by atoms with E-state index < -0.39 is 24.0 Å². The lowest BCUT2D eigenvalue weighted by molar-refractivity contribution is -0.175. The van der Waals surface area contributed by atoms with Crippen LogP contribution in [0.2, 0.25) is 0 Å². The number of aryl methyl sites for hydroxylation is 2. The van der Waals surface area contributed by atoms with E-state index in [0.29, 0.717) is 42.2 Å². The van der Waals surface area contributed by atoms with Crippen molar-refractivity contribution in [1.29, 1.82) is 0 Å². The second kappa shape index (κ2) is 9.33. The van der Waals surface area contributed by atoms with Crippen LogP contribution in [-0.4, -0.2) is 37.7 Å². The van der Waals surface area contributed by atoms with Crippen molar-refractivity contribution in [2.75, 3.05) is 25.1 Å². The van der Waals surface area contributed by atoms with Crippen molar-refractivity contribution >= 4 is 23.6 Å². The first-order chi connectivity index (χ1) is 18.2. The zero-order valence-electron chi connectivity index (χ0n) is 21.9. The van der Waals surface area contributed by atoms with Gasteiger partial charge in [-0.05, 0) is 98.4 Å². The SMILES string of the molecule is Cc1ccc(C23C[C@H]4C[C@@H](CC(C(=O)OCC(=O)NC(=O)Nc5ccc6c(c5)OCCO6)(C4)C2)C3)cc1C. The van der Waals surface area contributed by atoms with Crippen LogP contribution in [0, 0.1) is 31.1 Å². The molecule has 4 aliphatic carbocycles. The number of fused-ring (bicyclic) bond motifs is 1. The highest BCUT2D eigenvalue weighted by Gasteiger charge is 2.61. The molecule has 3 amide bonds. The second-order valence-electron chi connectivity index (χ2n) is 11.8. The number of anilines is 1. The Morgan fingerprint density at radius 1 is 0.921 bits per heavy atom. The summed E-state index contributed by atoms with van der Waals surface area (Å²) < 4.78 is 16.6. The summed E-state index contributed by atoms with van der Waals surface area (Å²) in [5, 5.41) is 4.85. The third-order valence-electron chi connectivity index (χ3n) is 9.00. The number of amides is 3. The molecule has 0 radical (unpaired) electrons. The summed E-state index contributed by atoms with van der Waals surface area (Å²) >= 11 is 0. The summed E-state index contributed by atoms with van der Waals surface area (Å²) in [5.74, 6) is 1.16. The van der Waals surface area contributed by atoms with Crippen LogP contribution in [-0.2, 0) is 19.7 Å². The van der Waals surface area contributed by atoms with Crippen LogP contribution in [0.5, 0.6) is 11.5 Å². The molecule has 2 aromatic carbocycles. The largest absolute Gasteiger partial charge is 0.486 e. The van der Waals surface area contributed by atoms with Gasteiger partial charge in [-0.15, -0.1) is 0 Å². The van der Waals surface area contributed by atoms with Crippen LogP contribution in [0.4, 0.5) is 10.5 Å². The molecule has 8 heteroatoms. The number of carbonyl (C=O) groups excluding carboxylic acids is 3. The molecule has 200 valence electrons. The highest BCUT2D eigenvalue weighted by molar-refractivity contribution is 6.02. The molecule has 4 bridgehead atoms. The quantitative estimate of drug-likeness (QED) is 0.551. The Morgan fingerprint density at radius 3 is 2.39 bits per heavy atom. The lowest BCUT2D eigenvalue weighted by Gasteiger charge is -2.61. The molecule has 0 saturated heterocycles. The molecule has 2 N–H and O–H groups in total. The first kappa shape index (κ1) is 24.8. The first-order valence-corrected chi connectivity index (χ1v) is 13.5. The second-order valence-corrected chi connectivity index (χ2v) is 11.8. The van der Waals surface area contributed by atoms with E-state index in [2.05, 4.69) is 42.7 Å². The van der Waals surface area contributed by atoms with Crippen LogP contribution in [0.15, 0.2) is 36.4 Å². The minimum Gasteiger partial charge on any atom is -0.486 e. The van der Waals surface area contributed by atoms with Gasteiger partial charge in [-0.25, -0.2) is 4.79 Å². The van der Waals surface area contributed by atoms with Gasteiger partial charge in [0.15, 0.2) is 18.1 Å². The molecular weight excluding hydrogens is 484 g/mol. The third-order valence-corrected chi connectivity index (χ3v) is 9.00. The molecular formula is C30H34N2O6. The lowest BCUT2D eigenvalue weighted by Crippen LogP contribution is -2.57. The number of ether oxygens (including phenoxy) is 3. The Bertz CT molecular complexity index is 1290. The van der Waals surface area contributed by atoms with Gasteiger partial charge in [0.05, 0.1) is 5.41 Å². The van der Waals surface area contributed by atoms with Crippen molar-refractivity contribution in [3.05, 3.63) is 53.1 Å². The molecule has 8 nitrogen and oxygen atoms in total. The number of nitrogens with one attached hydrogen (secondary N) is 2. The number of urea groups is 1. The summed E-state index contributed by atoms with van der Waals surface area (Å²) in [4.78, 5) is 38.3. The van der Waals surface area contributed by atoms with Gasteiger partial charge in [-0.2, -0.15) is 0 Å².